The molecule has 1 aromatic carbocycles. The highest BCUT2D eigenvalue weighted by Crippen LogP contribution is 2.11. The largest absolute Gasteiger partial charge is 0.315 e. The van der Waals surface area contributed by atoms with Crippen LogP contribution in [0, 0.1) is 0 Å². The predicted octanol–water partition coefficient (Wildman–Crippen LogP) is 3.16. The van der Waals surface area contributed by atoms with Gasteiger partial charge in [-0.3, -0.25) is 4.90 Å². The summed E-state index contributed by atoms with van der Waals surface area (Å²) in [4.78, 5) is 2.62. The van der Waals surface area contributed by atoms with Crippen LogP contribution in [0.25, 0.3) is 6.08 Å². The molecule has 2 nitrogen and oxygen atoms in total. The Bertz CT molecular complexity index is 366. The van der Waals surface area contributed by atoms with Crippen molar-refractivity contribution in [3.05, 3.63) is 42.0 Å². The Balaban J connectivity index is 1.87. The van der Waals surface area contributed by atoms with Crippen molar-refractivity contribution < 1.29 is 0 Å². The summed E-state index contributed by atoms with van der Waals surface area (Å²) >= 11 is 0. The summed E-state index contributed by atoms with van der Waals surface area (Å²) in [6, 6.07) is 11.3. The second-order valence-electron chi connectivity index (χ2n) is 5.31. The highest BCUT2D eigenvalue weighted by Gasteiger charge is 2.18. The lowest BCUT2D eigenvalue weighted by molar-refractivity contribution is 0.183. The molecule has 1 saturated heterocycles. The van der Waals surface area contributed by atoms with Crippen molar-refractivity contribution in [3.8, 4) is 0 Å². The predicted molar refractivity (Wildman–Crippen MR) is 83.2 cm³/mol. The molecule has 2 rings (SSSR count). The van der Waals surface area contributed by atoms with Crippen LogP contribution in [0.5, 0.6) is 0 Å². The van der Waals surface area contributed by atoms with Gasteiger partial charge in [-0.15, -0.1) is 0 Å². The first-order chi connectivity index (χ1) is 9.40. The van der Waals surface area contributed by atoms with Gasteiger partial charge in [0.25, 0.3) is 0 Å². The van der Waals surface area contributed by atoms with Gasteiger partial charge < -0.3 is 5.32 Å². The van der Waals surface area contributed by atoms with Gasteiger partial charge in [0.15, 0.2) is 0 Å². The first kappa shape index (κ1) is 14.3. The van der Waals surface area contributed by atoms with E-state index in [4.69, 9.17) is 0 Å². The van der Waals surface area contributed by atoms with E-state index in [0.29, 0.717) is 6.04 Å². The van der Waals surface area contributed by atoms with Gasteiger partial charge in [-0.05, 0) is 37.9 Å². The highest BCUT2D eigenvalue weighted by molar-refractivity contribution is 5.48. The van der Waals surface area contributed by atoms with E-state index in [2.05, 4.69) is 59.6 Å². The van der Waals surface area contributed by atoms with Gasteiger partial charge >= 0.3 is 0 Å². The Hall–Kier alpha value is -1.12. The lowest BCUT2D eigenvalue weighted by Gasteiger charge is -2.33. The van der Waals surface area contributed by atoms with Gasteiger partial charge in [0.1, 0.15) is 0 Å². The monoisotopic (exact) mass is 258 g/mol. The first-order valence-electron chi connectivity index (χ1n) is 7.56. The van der Waals surface area contributed by atoms with Crippen LogP contribution in [-0.4, -0.2) is 37.1 Å². The molecule has 19 heavy (non-hydrogen) atoms. The summed E-state index contributed by atoms with van der Waals surface area (Å²) in [5.74, 6) is 0. The molecule has 1 heterocycles. The average molecular weight is 258 g/mol. The number of rotatable bonds is 6. The van der Waals surface area contributed by atoms with Crippen molar-refractivity contribution in [1.82, 2.24) is 10.2 Å². The fourth-order valence-electron chi connectivity index (χ4n) is 2.74. The highest BCUT2D eigenvalue weighted by atomic mass is 15.2. The van der Waals surface area contributed by atoms with Crippen molar-refractivity contribution in [2.45, 2.75) is 32.2 Å². The Morgan fingerprint density at radius 1 is 1.32 bits per heavy atom. The molecular formula is C17H26N2. The number of piperidine rings is 1. The molecular weight excluding hydrogens is 232 g/mol. The number of nitrogens with zero attached hydrogens (tertiary/aromatic N) is 1. The van der Waals surface area contributed by atoms with Gasteiger partial charge in [0, 0.05) is 19.1 Å². The number of nitrogens with one attached hydrogen (secondary N) is 1. The third-order valence-corrected chi connectivity index (χ3v) is 3.75. The maximum atomic E-state index is 3.52. The SMILES string of the molecule is CCCN(C/C=C/c1ccccc1)C1CCCNC1. The molecule has 0 amide bonds. The molecule has 1 N–H and O–H groups in total. The fourth-order valence-corrected chi connectivity index (χ4v) is 2.74. The van der Waals surface area contributed by atoms with E-state index < -0.39 is 0 Å². The molecule has 0 aromatic heterocycles. The molecule has 1 atom stereocenters. The van der Waals surface area contributed by atoms with Crippen molar-refractivity contribution in [2.75, 3.05) is 26.2 Å². The minimum absolute atomic E-state index is 0.717. The van der Waals surface area contributed by atoms with E-state index >= 15 is 0 Å². The zero-order valence-corrected chi connectivity index (χ0v) is 12.0. The summed E-state index contributed by atoms with van der Waals surface area (Å²) in [6.07, 6.45) is 8.42. The molecule has 0 spiro atoms. The zero-order valence-electron chi connectivity index (χ0n) is 12.0. The molecule has 1 fully saturated rings. The van der Waals surface area contributed by atoms with Crippen LogP contribution in [0.3, 0.4) is 0 Å². The molecule has 2 heteroatoms. The van der Waals surface area contributed by atoms with Crippen LogP contribution >= 0.6 is 0 Å². The second-order valence-corrected chi connectivity index (χ2v) is 5.31. The lowest BCUT2D eigenvalue weighted by Crippen LogP contribution is -2.46. The Morgan fingerprint density at radius 3 is 2.84 bits per heavy atom. The minimum Gasteiger partial charge on any atom is -0.315 e. The molecule has 0 radical (unpaired) electrons. The third-order valence-electron chi connectivity index (χ3n) is 3.75. The van der Waals surface area contributed by atoms with E-state index in [-0.39, 0.29) is 0 Å². The molecule has 1 aliphatic heterocycles. The molecule has 104 valence electrons. The van der Waals surface area contributed by atoms with Gasteiger partial charge in [-0.1, -0.05) is 49.4 Å². The molecule has 1 unspecified atom stereocenters. The summed E-state index contributed by atoms with van der Waals surface area (Å²) < 4.78 is 0. The summed E-state index contributed by atoms with van der Waals surface area (Å²) in [7, 11) is 0. The maximum absolute atomic E-state index is 3.52. The lowest BCUT2D eigenvalue weighted by atomic mass is 10.1. The van der Waals surface area contributed by atoms with Crippen LogP contribution in [0.15, 0.2) is 36.4 Å². The molecule has 0 aliphatic carbocycles. The van der Waals surface area contributed by atoms with Crippen LogP contribution in [0.2, 0.25) is 0 Å². The van der Waals surface area contributed by atoms with Gasteiger partial charge in [0.2, 0.25) is 0 Å². The van der Waals surface area contributed by atoms with Crippen LogP contribution in [0.4, 0.5) is 0 Å². The van der Waals surface area contributed by atoms with Crippen molar-refractivity contribution in [2.24, 2.45) is 0 Å². The van der Waals surface area contributed by atoms with Crippen LogP contribution < -0.4 is 5.32 Å². The van der Waals surface area contributed by atoms with E-state index in [1.165, 1.54) is 37.9 Å². The van der Waals surface area contributed by atoms with Gasteiger partial charge in [-0.25, -0.2) is 0 Å². The quantitative estimate of drug-likeness (QED) is 0.843. The fraction of sp³-hybridized carbons (Fsp3) is 0.529. The normalized spacial score (nSPS) is 20.2. The van der Waals surface area contributed by atoms with Crippen molar-refractivity contribution in [1.29, 1.82) is 0 Å². The summed E-state index contributed by atoms with van der Waals surface area (Å²) in [5.41, 5.74) is 1.29. The molecule has 0 saturated carbocycles. The topological polar surface area (TPSA) is 15.3 Å². The maximum Gasteiger partial charge on any atom is 0.0224 e. The number of hydrogen-bond donors (Lipinski definition) is 1. The average Bonchev–Trinajstić information content (AvgIpc) is 2.48. The van der Waals surface area contributed by atoms with E-state index in [1.54, 1.807) is 0 Å². The van der Waals surface area contributed by atoms with Crippen LogP contribution in [-0.2, 0) is 0 Å². The van der Waals surface area contributed by atoms with E-state index in [9.17, 15) is 0 Å². The van der Waals surface area contributed by atoms with Crippen molar-refractivity contribution in [3.63, 3.8) is 0 Å². The summed E-state index contributed by atoms with van der Waals surface area (Å²) in [6.45, 7) is 6.88. The van der Waals surface area contributed by atoms with Crippen LogP contribution in [0.1, 0.15) is 31.7 Å². The minimum atomic E-state index is 0.717. The molecule has 0 bridgehead atoms. The van der Waals surface area contributed by atoms with Gasteiger partial charge in [0.05, 0.1) is 0 Å². The van der Waals surface area contributed by atoms with E-state index in [1.807, 2.05) is 0 Å². The Morgan fingerprint density at radius 2 is 2.16 bits per heavy atom. The first-order valence-corrected chi connectivity index (χ1v) is 7.56. The zero-order chi connectivity index (χ0) is 13.3. The number of benzene rings is 1. The van der Waals surface area contributed by atoms with Gasteiger partial charge in [-0.2, -0.15) is 0 Å². The van der Waals surface area contributed by atoms with Crippen molar-refractivity contribution >= 4 is 6.08 Å². The number of hydrogen-bond acceptors (Lipinski definition) is 2. The smallest absolute Gasteiger partial charge is 0.0224 e. The Kier molecular flexibility index (Phi) is 6.12. The Labute approximate surface area is 117 Å². The molecule has 1 aliphatic rings. The standard InChI is InChI=1S/C17H26N2/c1-2-13-19(17-11-6-12-18-15-17)14-7-10-16-8-4-3-5-9-16/h3-5,7-10,17-18H,2,6,11-15H2,1H3/b10-7+. The summed E-state index contributed by atoms with van der Waals surface area (Å²) in [5, 5.41) is 3.52. The second kappa shape index (κ2) is 8.13. The molecule has 1 aromatic rings. The third kappa shape index (κ3) is 4.81. The van der Waals surface area contributed by atoms with E-state index in [0.717, 1.165) is 13.1 Å².